The van der Waals surface area contributed by atoms with Crippen molar-refractivity contribution in [3.05, 3.63) is 42.5 Å². The maximum atomic E-state index is 12.1. The molecule has 21 heavy (non-hydrogen) atoms. The number of hydrogen-bond acceptors (Lipinski definition) is 5. The average molecular weight is 310 g/mol. The lowest BCUT2D eigenvalue weighted by Gasteiger charge is -2.08. The van der Waals surface area contributed by atoms with Crippen molar-refractivity contribution in [1.29, 1.82) is 0 Å². The Hall–Kier alpha value is -1.90. The summed E-state index contributed by atoms with van der Waals surface area (Å²) in [5.74, 6) is 1.20. The third kappa shape index (κ3) is 4.55. The number of imidazole rings is 1. The number of H-pyrrole nitrogens is 1. The SMILES string of the molecule is CNCCOc1ccc(S(=O)(=O)NCc2ncc[nH]2)cc1. The monoisotopic (exact) mass is 310 g/mol. The van der Waals surface area contributed by atoms with Gasteiger partial charge in [-0.3, -0.25) is 0 Å². The van der Waals surface area contributed by atoms with Crippen LogP contribution in [0.15, 0.2) is 41.6 Å². The molecule has 0 aliphatic rings. The molecule has 0 fully saturated rings. The predicted octanol–water partition coefficient (Wildman–Crippen LogP) is 0.486. The minimum absolute atomic E-state index is 0.121. The molecule has 8 heteroatoms. The van der Waals surface area contributed by atoms with Crippen LogP contribution in [-0.2, 0) is 16.6 Å². The fourth-order valence-corrected chi connectivity index (χ4v) is 2.62. The first-order chi connectivity index (χ1) is 10.1. The summed E-state index contributed by atoms with van der Waals surface area (Å²) in [6.07, 6.45) is 3.21. The van der Waals surface area contributed by atoms with Crippen LogP contribution in [0.5, 0.6) is 5.75 Å². The lowest BCUT2D eigenvalue weighted by atomic mass is 10.3. The third-order valence-electron chi connectivity index (χ3n) is 2.74. The molecule has 0 spiro atoms. The summed E-state index contributed by atoms with van der Waals surface area (Å²) in [5, 5.41) is 2.96. The van der Waals surface area contributed by atoms with E-state index in [0.717, 1.165) is 6.54 Å². The lowest BCUT2D eigenvalue weighted by Crippen LogP contribution is -2.23. The van der Waals surface area contributed by atoms with Gasteiger partial charge in [-0.2, -0.15) is 0 Å². The fourth-order valence-electron chi connectivity index (χ4n) is 1.63. The maximum Gasteiger partial charge on any atom is 0.240 e. The molecule has 0 atom stereocenters. The first-order valence-corrected chi connectivity index (χ1v) is 7.95. The lowest BCUT2D eigenvalue weighted by molar-refractivity contribution is 0.318. The van der Waals surface area contributed by atoms with Gasteiger partial charge in [-0.15, -0.1) is 0 Å². The normalized spacial score (nSPS) is 11.5. The maximum absolute atomic E-state index is 12.1. The first-order valence-electron chi connectivity index (χ1n) is 6.47. The van der Waals surface area contributed by atoms with Crippen LogP contribution >= 0.6 is 0 Å². The highest BCUT2D eigenvalue weighted by Crippen LogP contribution is 2.15. The Kier molecular flexibility index (Phi) is 5.32. The molecule has 0 radical (unpaired) electrons. The van der Waals surface area contributed by atoms with Gasteiger partial charge >= 0.3 is 0 Å². The Morgan fingerprint density at radius 1 is 1.29 bits per heavy atom. The van der Waals surface area contributed by atoms with E-state index in [-0.39, 0.29) is 11.4 Å². The average Bonchev–Trinajstić information content (AvgIpc) is 3.00. The van der Waals surface area contributed by atoms with Crippen molar-refractivity contribution in [2.45, 2.75) is 11.4 Å². The molecule has 7 nitrogen and oxygen atoms in total. The number of sulfonamides is 1. The molecular formula is C13H18N4O3S. The van der Waals surface area contributed by atoms with Crippen molar-refractivity contribution in [3.8, 4) is 5.75 Å². The van der Waals surface area contributed by atoms with Crippen LogP contribution in [0.3, 0.4) is 0 Å². The van der Waals surface area contributed by atoms with E-state index in [2.05, 4.69) is 20.0 Å². The van der Waals surface area contributed by atoms with Gasteiger partial charge in [0.2, 0.25) is 10.0 Å². The number of likely N-dealkylation sites (N-methyl/N-ethyl adjacent to an activating group) is 1. The summed E-state index contributed by atoms with van der Waals surface area (Å²) in [6, 6.07) is 6.30. The van der Waals surface area contributed by atoms with Crippen molar-refractivity contribution in [2.24, 2.45) is 0 Å². The van der Waals surface area contributed by atoms with E-state index in [9.17, 15) is 8.42 Å². The summed E-state index contributed by atoms with van der Waals surface area (Å²) in [7, 11) is -1.72. The molecule has 1 aromatic heterocycles. The predicted molar refractivity (Wildman–Crippen MR) is 78.5 cm³/mol. The molecule has 0 aliphatic heterocycles. The number of nitrogens with one attached hydrogen (secondary N) is 3. The molecule has 0 saturated heterocycles. The molecule has 0 saturated carbocycles. The summed E-state index contributed by atoms with van der Waals surface area (Å²) in [4.78, 5) is 6.99. The molecule has 0 bridgehead atoms. The topological polar surface area (TPSA) is 96.1 Å². The largest absolute Gasteiger partial charge is 0.492 e. The van der Waals surface area contributed by atoms with E-state index in [0.29, 0.717) is 18.2 Å². The summed E-state index contributed by atoms with van der Waals surface area (Å²) < 4.78 is 32.1. The number of hydrogen-bond donors (Lipinski definition) is 3. The highest BCUT2D eigenvalue weighted by Gasteiger charge is 2.14. The summed E-state index contributed by atoms with van der Waals surface area (Å²) in [6.45, 7) is 1.37. The Morgan fingerprint density at radius 2 is 2.05 bits per heavy atom. The smallest absolute Gasteiger partial charge is 0.240 e. The number of aromatic amines is 1. The van der Waals surface area contributed by atoms with Gasteiger partial charge in [0.1, 0.15) is 18.2 Å². The molecule has 0 unspecified atom stereocenters. The van der Waals surface area contributed by atoms with Crippen molar-refractivity contribution < 1.29 is 13.2 Å². The van der Waals surface area contributed by atoms with Gasteiger partial charge in [-0.1, -0.05) is 0 Å². The van der Waals surface area contributed by atoms with Crippen molar-refractivity contribution >= 4 is 10.0 Å². The van der Waals surface area contributed by atoms with Gasteiger partial charge in [-0.25, -0.2) is 18.1 Å². The number of rotatable bonds is 8. The number of ether oxygens (including phenoxy) is 1. The van der Waals surface area contributed by atoms with Crippen LogP contribution in [0, 0.1) is 0 Å². The molecule has 114 valence electrons. The van der Waals surface area contributed by atoms with Crippen molar-refractivity contribution in [2.75, 3.05) is 20.2 Å². The molecular weight excluding hydrogens is 292 g/mol. The van der Waals surface area contributed by atoms with Crippen LogP contribution in [0.1, 0.15) is 5.82 Å². The Morgan fingerprint density at radius 3 is 2.67 bits per heavy atom. The Labute approximate surface area is 123 Å². The van der Waals surface area contributed by atoms with E-state index >= 15 is 0 Å². The van der Waals surface area contributed by atoms with Gasteiger partial charge in [0, 0.05) is 18.9 Å². The van der Waals surface area contributed by atoms with Gasteiger partial charge in [-0.05, 0) is 31.3 Å². The van der Waals surface area contributed by atoms with E-state index in [1.165, 1.54) is 12.1 Å². The minimum Gasteiger partial charge on any atom is -0.492 e. The van der Waals surface area contributed by atoms with Crippen molar-refractivity contribution in [3.63, 3.8) is 0 Å². The standard InChI is InChI=1S/C13H18N4O3S/c1-14-8-9-20-11-2-4-12(5-3-11)21(18,19)17-10-13-15-6-7-16-13/h2-7,14,17H,8-10H2,1H3,(H,15,16). The summed E-state index contributed by atoms with van der Waals surface area (Å²) in [5.41, 5.74) is 0. The van der Waals surface area contributed by atoms with Gasteiger partial charge < -0.3 is 15.0 Å². The van der Waals surface area contributed by atoms with Gasteiger partial charge in [0.05, 0.1) is 11.4 Å². The van der Waals surface area contributed by atoms with Crippen LogP contribution < -0.4 is 14.8 Å². The fraction of sp³-hybridized carbons (Fsp3) is 0.308. The summed E-state index contributed by atoms with van der Waals surface area (Å²) >= 11 is 0. The second-order valence-electron chi connectivity index (χ2n) is 4.28. The Bertz CT molecular complexity index is 639. The van der Waals surface area contributed by atoms with Gasteiger partial charge in [0.25, 0.3) is 0 Å². The second-order valence-corrected chi connectivity index (χ2v) is 6.05. The zero-order valence-electron chi connectivity index (χ0n) is 11.7. The zero-order valence-corrected chi connectivity index (χ0v) is 12.5. The van der Waals surface area contributed by atoms with Crippen LogP contribution in [-0.4, -0.2) is 38.6 Å². The number of nitrogens with zero attached hydrogens (tertiary/aromatic N) is 1. The molecule has 0 aliphatic carbocycles. The molecule has 0 amide bonds. The van der Waals surface area contributed by atoms with Crippen LogP contribution in [0.2, 0.25) is 0 Å². The first kappa shape index (κ1) is 15.5. The highest BCUT2D eigenvalue weighted by atomic mass is 32.2. The second kappa shape index (κ2) is 7.21. The van der Waals surface area contributed by atoms with E-state index in [1.54, 1.807) is 24.5 Å². The quantitative estimate of drug-likeness (QED) is 0.617. The Balaban J connectivity index is 1.96. The molecule has 2 rings (SSSR count). The van der Waals surface area contributed by atoms with E-state index in [1.807, 2.05) is 7.05 Å². The molecule has 1 heterocycles. The highest BCUT2D eigenvalue weighted by molar-refractivity contribution is 7.89. The van der Waals surface area contributed by atoms with Crippen LogP contribution in [0.4, 0.5) is 0 Å². The zero-order chi connectivity index (χ0) is 15.1. The minimum atomic E-state index is -3.56. The number of benzene rings is 1. The molecule has 2 aromatic rings. The van der Waals surface area contributed by atoms with Crippen molar-refractivity contribution in [1.82, 2.24) is 20.0 Å². The molecule has 3 N–H and O–H groups in total. The van der Waals surface area contributed by atoms with E-state index in [4.69, 9.17) is 4.74 Å². The van der Waals surface area contributed by atoms with Gasteiger partial charge in [0.15, 0.2) is 0 Å². The molecule has 1 aromatic carbocycles. The van der Waals surface area contributed by atoms with Crippen LogP contribution in [0.25, 0.3) is 0 Å². The van der Waals surface area contributed by atoms with E-state index < -0.39 is 10.0 Å². The number of aromatic nitrogens is 2. The third-order valence-corrected chi connectivity index (χ3v) is 4.16.